The van der Waals surface area contributed by atoms with Crippen molar-refractivity contribution in [1.29, 1.82) is 0 Å². The summed E-state index contributed by atoms with van der Waals surface area (Å²) in [6.45, 7) is 20.5. The summed E-state index contributed by atoms with van der Waals surface area (Å²) in [6, 6.07) is 12.2. The van der Waals surface area contributed by atoms with Crippen molar-refractivity contribution in [3.05, 3.63) is 63.7 Å². The second kappa shape index (κ2) is 11.7. The summed E-state index contributed by atoms with van der Waals surface area (Å²) in [5.41, 5.74) is 10.8. The minimum Gasteiger partial charge on any atom is -0.393 e. The number of benzene rings is 2. The molecule has 0 fully saturated rings. The van der Waals surface area contributed by atoms with Gasteiger partial charge in [0, 0.05) is 25.5 Å². The number of aromatic nitrogens is 1. The van der Waals surface area contributed by atoms with Gasteiger partial charge in [0.1, 0.15) is 0 Å². The molecular formula is C29H40IrNO2-. The van der Waals surface area contributed by atoms with Gasteiger partial charge in [-0.2, -0.15) is 0 Å². The molecule has 0 spiro atoms. The van der Waals surface area contributed by atoms with Crippen LogP contribution in [0.4, 0.5) is 0 Å². The van der Waals surface area contributed by atoms with Gasteiger partial charge in [0.25, 0.3) is 0 Å². The van der Waals surface area contributed by atoms with Crippen molar-refractivity contribution < 1.29 is 30.3 Å². The summed E-state index contributed by atoms with van der Waals surface area (Å²) < 4.78 is 0. The van der Waals surface area contributed by atoms with Gasteiger partial charge in [0.15, 0.2) is 0 Å². The zero-order valence-electron chi connectivity index (χ0n) is 21.8. The molecule has 3 nitrogen and oxygen atoms in total. The van der Waals surface area contributed by atoms with Gasteiger partial charge in [-0.3, -0.25) is 4.98 Å². The maximum atomic E-state index is 9.40. The molecular weight excluding hydrogens is 587 g/mol. The smallest absolute Gasteiger partial charge is 0.0613 e. The minimum atomic E-state index is -0.410. The summed E-state index contributed by atoms with van der Waals surface area (Å²) in [6.07, 6.45) is -0.356. The fourth-order valence-corrected chi connectivity index (χ4v) is 3.79. The average molecular weight is 627 g/mol. The first-order chi connectivity index (χ1) is 14.7. The molecule has 0 aliphatic heterocycles. The number of aliphatic hydroxyl groups excluding tert-OH is 2. The second-order valence-electron chi connectivity index (χ2n) is 10.4. The SMILES string of the molecule is CC(O)CC(O)C(C)(C)C.Cc1cc(C)c2cc(C)c(-c3[c-]cc(C)c(C)c3C)nc2c1.[Ir]. The maximum absolute atomic E-state index is 9.40. The van der Waals surface area contributed by atoms with E-state index in [1.165, 1.54) is 38.8 Å². The van der Waals surface area contributed by atoms with Gasteiger partial charge in [-0.15, -0.1) is 34.4 Å². The van der Waals surface area contributed by atoms with Crippen molar-refractivity contribution >= 4 is 10.9 Å². The molecule has 4 heteroatoms. The van der Waals surface area contributed by atoms with Gasteiger partial charge < -0.3 is 10.2 Å². The van der Waals surface area contributed by atoms with Gasteiger partial charge in [0.05, 0.1) is 17.7 Å². The minimum absolute atomic E-state index is 0. The summed E-state index contributed by atoms with van der Waals surface area (Å²) in [4.78, 5) is 4.97. The van der Waals surface area contributed by atoms with E-state index in [1.807, 2.05) is 20.8 Å². The topological polar surface area (TPSA) is 53.4 Å². The summed E-state index contributed by atoms with van der Waals surface area (Å²) in [5.74, 6) is 0. The normalized spacial score (nSPS) is 13.1. The Kier molecular flexibility index (Phi) is 10.4. The van der Waals surface area contributed by atoms with Crippen molar-refractivity contribution in [3.63, 3.8) is 0 Å². The number of fused-ring (bicyclic) bond motifs is 1. The fourth-order valence-electron chi connectivity index (χ4n) is 3.79. The predicted molar refractivity (Wildman–Crippen MR) is 136 cm³/mol. The molecule has 2 N–H and O–H groups in total. The molecule has 183 valence electrons. The number of aryl methyl sites for hydroxylation is 4. The summed E-state index contributed by atoms with van der Waals surface area (Å²) in [5, 5.41) is 19.6. The monoisotopic (exact) mass is 627 g/mol. The van der Waals surface area contributed by atoms with E-state index in [2.05, 4.69) is 71.9 Å². The van der Waals surface area contributed by atoms with Crippen molar-refractivity contribution in [1.82, 2.24) is 4.98 Å². The number of aliphatic hydroxyl groups is 2. The largest absolute Gasteiger partial charge is 0.393 e. The first kappa shape index (κ1) is 29.5. The van der Waals surface area contributed by atoms with Gasteiger partial charge >= 0.3 is 0 Å². The Morgan fingerprint density at radius 2 is 1.48 bits per heavy atom. The van der Waals surface area contributed by atoms with Crippen molar-refractivity contribution in [2.45, 2.75) is 87.9 Å². The number of pyridine rings is 1. The van der Waals surface area contributed by atoms with Crippen LogP contribution in [0.15, 0.2) is 24.3 Å². The van der Waals surface area contributed by atoms with Crippen molar-refractivity contribution in [3.8, 4) is 11.3 Å². The number of nitrogens with zero attached hydrogens (tertiary/aromatic N) is 1. The molecule has 2 atom stereocenters. The maximum Gasteiger partial charge on any atom is 0.0613 e. The van der Waals surface area contributed by atoms with Crippen LogP contribution in [0.3, 0.4) is 0 Å². The van der Waals surface area contributed by atoms with Crippen LogP contribution in [0.25, 0.3) is 22.2 Å². The van der Waals surface area contributed by atoms with E-state index < -0.39 is 12.2 Å². The third-order valence-corrected chi connectivity index (χ3v) is 6.24. The molecule has 0 aliphatic carbocycles. The molecule has 2 unspecified atom stereocenters. The average Bonchev–Trinajstić information content (AvgIpc) is 2.66. The molecule has 1 heterocycles. The molecule has 0 aliphatic rings. The zero-order valence-corrected chi connectivity index (χ0v) is 24.2. The molecule has 33 heavy (non-hydrogen) atoms. The van der Waals surface area contributed by atoms with Crippen LogP contribution in [-0.2, 0) is 20.1 Å². The molecule has 0 saturated carbocycles. The molecule has 0 saturated heterocycles. The summed E-state index contributed by atoms with van der Waals surface area (Å²) in [7, 11) is 0. The Bertz CT molecular complexity index is 1100. The van der Waals surface area contributed by atoms with Gasteiger partial charge in [-0.1, -0.05) is 59.2 Å². The zero-order chi connectivity index (χ0) is 24.4. The third-order valence-electron chi connectivity index (χ3n) is 6.24. The Morgan fingerprint density at radius 3 is 2.00 bits per heavy atom. The predicted octanol–water partition coefficient (Wildman–Crippen LogP) is 6.71. The van der Waals surface area contributed by atoms with Crippen LogP contribution in [0.1, 0.15) is 67.5 Å². The van der Waals surface area contributed by atoms with Crippen molar-refractivity contribution in [2.24, 2.45) is 5.41 Å². The molecule has 0 bridgehead atoms. The van der Waals surface area contributed by atoms with E-state index in [-0.39, 0.29) is 25.5 Å². The van der Waals surface area contributed by atoms with Crippen LogP contribution in [-0.4, -0.2) is 27.4 Å². The van der Waals surface area contributed by atoms with Crippen LogP contribution < -0.4 is 0 Å². The number of hydrogen-bond acceptors (Lipinski definition) is 3. The molecule has 2 aromatic carbocycles. The Labute approximate surface area is 214 Å². The first-order valence-corrected chi connectivity index (χ1v) is 11.5. The first-order valence-electron chi connectivity index (χ1n) is 11.5. The van der Waals surface area contributed by atoms with Crippen molar-refractivity contribution in [2.75, 3.05) is 0 Å². The van der Waals surface area contributed by atoms with Gasteiger partial charge in [0.2, 0.25) is 0 Å². The van der Waals surface area contributed by atoms with Crippen LogP contribution in [0.2, 0.25) is 0 Å². The quantitative estimate of drug-likeness (QED) is 0.318. The second-order valence-corrected chi connectivity index (χ2v) is 10.4. The molecule has 0 amide bonds. The van der Waals surface area contributed by atoms with E-state index >= 15 is 0 Å². The van der Waals surface area contributed by atoms with Gasteiger partial charge in [-0.25, -0.2) is 0 Å². The molecule has 1 radical (unpaired) electrons. The van der Waals surface area contributed by atoms with Crippen LogP contribution in [0.5, 0.6) is 0 Å². The van der Waals surface area contributed by atoms with Gasteiger partial charge in [-0.05, 0) is 62.4 Å². The Balaban J connectivity index is 0.000000425. The van der Waals surface area contributed by atoms with E-state index in [9.17, 15) is 5.11 Å². The van der Waals surface area contributed by atoms with Crippen LogP contribution >= 0.6 is 0 Å². The van der Waals surface area contributed by atoms with E-state index in [1.54, 1.807) is 6.92 Å². The van der Waals surface area contributed by atoms with Crippen LogP contribution in [0, 0.1) is 53.0 Å². The number of hydrogen-bond donors (Lipinski definition) is 2. The molecule has 3 rings (SSSR count). The third kappa shape index (κ3) is 7.45. The standard InChI is InChI=1S/C21H22N.C8H18O2.Ir/c1-12-9-14(3)19-11-15(4)21(22-20(19)10-12)18-8-7-13(2)16(5)17(18)6;1-6(9)5-7(10)8(2,3)4;/h7,9-11H,1-6H3;6-7,9-10H,5H2,1-4H3;/q-1;;. The number of rotatable bonds is 3. The fraction of sp³-hybridized carbons (Fsp3) is 0.483. The molecule has 3 aromatic rings. The van der Waals surface area contributed by atoms with E-state index in [0.29, 0.717) is 6.42 Å². The summed E-state index contributed by atoms with van der Waals surface area (Å²) >= 11 is 0. The van der Waals surface area contributed by atoms with E-state index in [4.69, 9.17) is 10.1 Å². The Hall–Kier alpha value is -1.58. The van der Waals surface area contributed by atoms with E-state index in [0.717, 1.165) is 16.8 Å². The molecule has 1 aromatic heterocycles. The Morgan fingerprint density at radius 1 is 0.879 bits per heavy atom.